The van der Waals surface area contributed by atoms with Crippen molar-refractivity contribution < 1.29 is 19.2 Å². The van der Waals surface area contributed by atoms with Crippen molar-refractivity contribution >= 4 is 46.4 Å². The Balaban J connectivity index is 1.81. The van der Waals surface area contributed by atoms with E-state index in [1.54, 1.807) is 22.9 Å². The van der Waals surface area contributed by atoms with E-state index in [0.29, 0.717) is 11.3 Å². The lowest BCUT2D eigenvalue weighted by molar-refractivity contribution is -0.122. The minimum absolute atomic E-state index is 0.0446. The van der Waals surface area contributed by atoms with Crippen LogP contribution in [-0.2, 0) is 20.9 Å². The smallest absolute Gasteiger partial charge is 0.335 e. The van der Waals surface area contributed by atoms with Gasteiger partial charge in [-0.3, -0.25) is 19.7 Å². The van der Waals surface area contributed by atoms with E-state index in [-0.39, 0.29) is 12.1 Å². The molecule has 0 aliphatic carbocycles. The molecule has 8 heteroatoms. The maximum absolute atomic E-state index is 13.2. The summed E-state index contributed by atoms with van der Waals surface area (Å²) < 4.78 is 1.65. The molecule has 8 nitrogen and oxygen atoms in total. The third-order valence-electron chi connectivity index (χ3n) is 5.30. The van der Waals surface area contributed by atoms with E-state index in [9.17, 15) is 19.2 Å². The van der Waals surface area contributed by atoms with Crippen molar-refractivity contribution in [2.75, 3.05) is 4.90 Å². The van der Waals surface area contributed by atoms with Crippen LogP contribution in [0, 0.1) is 13.8 Å². The summed E-state index contributed by atoms with van der Waals surface area (Å²) in [6, 6.07) is 11.6. The normalized spacial score (nSPS) is 15.6. The number of urea groups is 1. The molecule has 0 atom stereocenters. The molecular weight excluding hydrogens is 396 g/mol. The van der Waals surface area contributed by atoms with Crippen LogP contribution < -0.4 is 16.0 Å². The number of barbiturate groups is 1. The number of nitrogens with one attached hydrogen (secondary N) is 1. The van der Waals surface area contributed by atoms with Gasteiger partial charge in [0.2, 0.25) is 5.91 Å². The van der Waals surface area contributed by atoms with Gasteiger partial charge >= 0.3 is 6.03 Å². The van der Waals surface area contributed by atoms with Crippen molar-refractivity contribution in [1.82, 2.24) is 9.88 Å². The highest BCUT2D eigenvalue weighted by atomic mass is 16.2. The molecule has 4 rings (SSSR count). The van der Waals surface area contributed by atoms with Crippen LogP contribution >= 0.6 is 0 Å². The number of para-hydroxylation sites is 1. The first kappa shape index (κ1) is 20.1. The maximum Gasteiger partial charge on any atom is 0.335 e. The molecular formula is C23H20N4O4. The van der Waals surface area contributed by atoms with Crippen LogP contribution in [0.25, 0.3) is 17.0 Å². The number of aryl methyl sites for hydroxylation is 2. The third kappa shape index (κ3) is 3.59. The minimum atomic E-state index is -0.799. The van der Waals surface area contributed by atoms with E-state index in [1.807, 2.05) is 44.2 Å². The first-order valence-corrected chi connectivity index (χ1v) is 9.61. The Hall–Kier alpha value is -4.20. The summed E-state index contributed by atoms with van der Waals surface area (Å²) in [4.78, 5) is 50.5. The maximum atomic E-state index is 13.2. The zero-order chi connectivity index (χ0) is 22.3. The van der Waals surface area contributed by atoms with Crippen molar-refractivity contribution in [3.05, 3.63) is 70.9 Å². The van der Waals surface area contributed by atoms with Crippen LogP contribution in [0.3, 0.4) is 0 Å². The predicted molar refractivity (Wildman–Crippen MR) is 116 cm³/mol. The molecule has 1 saturated heterocycles. The second kappa shape index (κ2) is 7.56. The van der Waals surface area contributed by atoms with Crippen molar-refractivity contribution in [3.8, 4) is 0 Å². The summed E-state index contributed by atoms with van der Waals surface area (Å²) in [6.45, 7) is 3.76. The number of nitrogens with zero attached hydrogens (tertiary/aromatic N) is 2. The van der Waals surface area contributed by atoms with Crippen LogP contribution in [0.2, 0.25) is 0 Å². The number of primary amides is 1. The standard InChI is InChI=1S/C23H20N4O4/c1-13-7-8-16(9-14(13)2)27-22(30)18(21(29)25-23(27)31)10-15-11-26(12-20(24)28)19-6-4-3-5-17(15)19/h3-11H,12H2,1-2H3,(H2,24,28)(H,25,29,31). The first-order valence-electron chi connectivity index (χ1n) is 9.61. The Bertz CT molecular complexity index is 1300. The van der Waals surface area contributed by atoms with Gasteiger partial charge in [-0.1, -0.05) is 24.3 Å². The van der Waals surface area contributed by atoms with Crippen molar-refractivity contribution in [3.63, 3.8) is 0 Å². The van der Waals surface area contributed by atoms with Crippen LogP contribution in [-0.4, -0.2) is 28.3 Å². The molecule has 31 heavy (non-hydrogen) atoms. The largest absolute Gasteiger partial charge is 0.368 e. The molecule has 1 aliphatic heterocycles. The number of imide groups is 2. The molecule has 1 aliphatic rings. The molecule has 156 valence electrons. The highest BCUT2D eigenvalue weighted by Crippen LogP contribution is 2.27. The number of hydrogen-bond donors (Lipinski definition) is 2. The van der Waals surface area contributed by atoms with E-state index in [2.05, 4.69) is 5.32 Å². The molecule has 0 saturated carbocycles. The number of amides is 5. The van der Waals surface area contributed by atoms with Crippen molar-refractivity contribution in [2.24, 2.45) is 5.73 Å². The summed E-state index contributed by atoms with van der Waals surface area (Å²) in [5.41, 5.74) is 8.75. The summed E-state index contributed by atoms with van der Waals surface area (Å²) in [5, 5.41) is 2.97. The fraction of sp³-hybridized carbons (Fsp3) is 0.130. The Morgan fingerprint density at radius 3 is 2.52 bits per heavy atom. The number of benzene rings is 2. The molecule has 0 unspecified atom stereocenters. The predicted octanol–water partition coefficient (Wildman–Crippen LogP) is 2.41. The topological polar surface area (TPSA) is 114 Å². The number of carbonyl (C=O) groups excluding carboxylic acids is 4. The second-order valence-electron chi connectivity index (χ2n) is 7.42. The first-order chi connectivity index (χ1) is 14.8. The fourth-order valence-electron chi connectivity index (χ4n) is 3.60. The van der Waals surface area contributed by atoms with Gasteiger partial charge in [-0.05, 0) is 49.2 Å². The molecule has 3 N–H and O–H groups in total. The number of fused-ring (bicyclic) bond motifs is 1. The lowest BCUT2D eigenvalue weighted by Gasteiger charge is -2.26. The molecule has 0 bridgehead atoms. The zero-order valence-electron chi connectivity index (χ0n) is 17.0. The Kier molecular flexibility index (Phi) is 4.90. The van der Waals surface area contributed by atoms with Gasteiger partial charge in [0.25, 0.3) is 11.8 Å². The van der Waals surface area contributed by atoms with Gasteiger partial charge in [0.1, 0.15) is 12.1 Å². The zero-order valence-corrected chi connectivity index (χ0v) is 17.0. The van der Waals surface area contributed by atoms with E-state index in [0.717, 1.165) is 26.9 Å². The number of nitrogens with two attached hydrogens (primary N) is 1. The number of aromatic nitrogens is 1. The number of hydrogen-bond acceptors (Lipinski definition) is 4. The Morgan fingerprint density at radius 1 is 1.06 bits per heavy atom. The van der Waals surface area contributed by atoms with Crippen molar-refractivity contribution in [1.29, 1.82) is 0 Å². The SMILES string of the molecule is Cc1ccc(N2C(=O)NC(=O)C(=Cc3cn(CC(N)=O)c4ccccc34)C2=O)cc1C. The van der Waals surface area contributed by atoms with Crippen LogP contribution in [0.4, 0.5) is 10.5 Å². The second-order valence-corrected chi connectivity index (χ2v) is 7.42. The van der Waals surface area contributed by atoms with Crippen LogP contribution in [0.5, 0.6) is 0 Å². The molecule has 3 aromatic rings. The van der Waals surface area contributed by atoms with Gasteiger partial charge < -0.3 is 10.3 Å². The van der Waals surface area contributed by atoms with E-state index >= 15 is 0 Å². The quantitative estimate of drug-likeness (QED) is 0.502. The molecule has 0 spiro atoms. The summed E-state index contributed by atoms with van der Waals surface area (Å²) in [7, 11) is 0. The monoisotopic (exact) mass is 416 g/mol. The summed E-state index contributed by atoms with van der Waals surface area (Å²) in [6.07, 6.45) is 3.08. The van der Waals surface area contributed by atoms with E-state index in [4.69, 9.17) is 5.73 Å². The summed E-state index contributed by atoms with van der Waals surface area (Å²) in [5.74, 6) is -2.01. The Labute approximate surface area is 177 Å². The minimum Gasteiger partial charge on any atom is -0.368 e. The number of carbonyl (C=O) groups is 4. The lowest BCUT2D eigenvalue weighted by atomic mass is 10.0. The molecule has 1 fully saturated rings. The number of rotatable bonds is 4. The van der Waals surface area contributed by atoms with Crippen LogP contribution in [0.15, 0.2) is 54.2 Å². The van der Waals surface area contributed by atoms with Gasteiger partial charge in [-0.2, -0.15) is 0 Å². The lowest BCUT2D eigenvalue weighted by Crippen LogP contribution is -2.54. The highest BCUT2D eigenvalue weighted by Gasteiger charge is 2.37. The molecule has 5 amide bonds. The van der Waals surface area contributed by atoms with E-state index in [1.165, 1.54) is 6.08 Å². The number of anilines is 1. The molecule has 0 radical (unpaired) electrons. The summed E-state index contributed by atoms with van der Waals surface area (Å²) >= 11 is 0. The molecule has 1 aromatic heterocycles. The molecule has 2 heterocycles. The van der Waals surface area contributed by atoms with E-state index < -0.39 is 23.8 Å². The average Bonchev–Trinajstić information content (AvgIpc) is 3.04. The fourth-order valence-corrected chi connectivity index (χ4v) is 3.60. The van der Waals surface area contributed by atoms with Gasteiger partial charge in [-0.15, -0.1) is 0 Å². The van der Waals surface area contributed by atoms with Crippen LogP contribution in [0.1, 0.15) is 16.7 Å². The van der Waals surface area contributed by atoms with Gasteiger partial charge in [0, 0.05) is 22.7 Å². The van der Waals surface area contributed by atoms with Crippen molar-refractivity contribution in [2.45, 2.75) is 20.4 Å². The van der Waals surface area contributed by atoms with Gasteiger partial charge in [-0.25, -0.2) is 9.69 Å². The average molecular weight is 416 g/mol. The Morgan fingerprint density at radius 2 is 1.81 bits per heavy atom. The third-order valence-corrected chi connectivity index (χ3v) is 5.30. The molecule has 2 aromatic carbocycles. The van der Waals surface area contributed by atoms with Gasteiger partial charge in [0.05, 0.1) is 5.69 Å². The van der Waals surface area contributed by atoms with Gasteiger partial charge in [0.15, 0.2) is 0 Å². The highest BCUT2D eigenvalue weighted by molar-refractivity contribution is 6.39.